The maximum atomic E-state index is 12.2. The normalized spacial score (nSPS) is 42.5. The quantitative estimate of drug-likeness (QED) is 0.759. The summed E-state index contributed by atoms with van der Waals surface area (Å²) in [6.45, 7) is 3.81. The van der Waals surface area contributed by atoms with E-state index in [9.17, 15) is 9.59 Å². The summed E-state index contributed by atoms with van der Waals surface area (Å²) in [5.74, 6) is -0.420. The lowest BCUT2D eigenvalue weighted by Gasteiger charge is -2.55. The average molecular weight is 280 g/mol. The smallest absolute Gasteiger partial charge is 0.338 e. The van der Waals surface area contributed by atoms with E-state index >= 15 is 0 Å². The molecule has 112 valence electrons. The molecular formula is C15H24N2O3. The summed E-state index contributed by atoms with van der Waals surface area (Å²) in [5, 5.41) is 2.92. The van der Waals surface area contributed by atoms with Crippen molar-refractivity contribution >= 4 is 11.9 Å². The maximum absolute atomic E-state index is 12.2. The van der Waals surface area contributed by atoms with Crippen molar-refractivity contribution in [1.29, 1.82) is 0 Å². The molecule has 0 aromatic rings. The Hall–Kier alpha value is -1.10. The summed E-state index contributed by atoms with van der Waals surface area (Å²) in [6, 6.07) is -0.338. The second-order valence-corrected chi connectivity index (χ2v) is 6.68. The van der Waals surface area contributed by atoms with Crippen molar-refractivity contribution in [2.45, 2.75) is 69.6 Å². The average Bonchev–Trinajstić information content (AvgIpc) is 2.62. The van der Waals surface area contributed by atoms with Gasteiger partial charge in [-0.3, -0.25) is 4.79 Å². The third-order valence-corrected chi connectivity index (χ3v) is 5.78. The van der Waals surface area contributed by atoms with Gasteiger partial charge in [-0.05, 0) is 32.1 Å². The number of rotatable bonds is 3. The second kappa shape index (κ2) is 4.45. The molecule has 0 aromatic carbocycles. The summed E-state index contributed by atoms with van der Waals surface area (Å²) in [4.78, 5) is 24.4. The van der Waals surface area contributed by atoms with Gasteiger partial charge in [-0.2, -0.15) is 0 Å². The number of esters is 1. The molecule has 2 aliphatic heterocycles. The Kier molecular flexibility index (Phi) is 3.08. The van der Waals surface area contributed by atoms with E-state index in [2.05, 4.69) is 5.32 Å². The van der Waals surface area contributed by atoms with Crippen LogP contribution in [0.3, 0.4) is 0 Å². The fourth-order valence-corrected chi connectivity index (χ4v) is 4.53. The molecule has 0 unspecified atom stereocenters. The molecule has 1 aliphatic carbocycles. The minimum absolute atomic E-state index is 0.0906. The molecule has 0 bridgehead atoms. The predicted octanol–water partition coefficient (Wildman–Crippen LogP) is 1.10. The van der Waals surface area contributed by atoms with Gasteiger partial charge in [0.1, 0.15) is 0 Å². The number of nitrogens with one attached hydrogen (secondary N) is 1. The van der Waals surface area contributed by atoms with Gasteiger partial charge in [0.15, 0.2) is 11.1 Å². The molecule has 3 N–H and O–H groups in total. The molecule has 20 heavy (non-hydrogen) atoms. The zero-order valence-electron chi connectivity index (χ0n) is 12.3. The van der Waals surface area contributed by atoms with Gasteiger partial charge in [0.25, 0.3) is 0 Å². The fraction of sp³-hybridized carbons (Fsp3) is 0.867. The number of amides is 1. The van der Waals surface area contributed by atoms with Gasteiger partial charge in [-0.15, -0.1) is 0 Å². The topological polar surface area (TPSA) is 81.4 Å². The molecule has 1 saturated carbocycles. The molecule has 5 nitrogen and oxygen atoms in total. The van der Waals surface area contributed by atoms with Gasteiger partial charge in [0.05, 0.1) is 5.92 Å². The molecule has 4 atom stereocenters. The molecule has 2 heterocycles. The van der Waals surface area contributed by atoms with E-state index in [1.807, 2.05) is 13.8 Å². The highest BCUT2D eigenvalue weighted by atomic mass is 16.6. The predicted molar refractivity (Wildman–Crippen MR) is 73.7 cm³/mol. The van der Waals surface area contributed by atoms with Crippen molar-refractivity contribution in [1.82, 2.24) is 5.32 Å². The Morgan fingerprint density at radius 2 is 2.00 bits per heavy atom. The van der Waals surface area contributed by atoms with E-state index in [-0.39, 0.29) is 23.8 Å². The lowest BCUT2D eigenvalue weighted by Crippen LogP contribution is -2.81. The standard InChI is InChI=1S/C15H24N2O3/c1-3-10-12(18)17-15(13(19)20-14(10,15)2)11(16)9-7-5-4-6-8-9/h9-11H,3-8,16H2,1-2H3,(H,17,18)/t10-,11-,14-,15-/m0/s1. The summed E-state index contributed by atoms with van der Waals surface area (Å²) >= 11 is 0. The minimum Gasteiger partial charge on any atom is -0.453 e. The van der Waals surface area contributed by atoms with Crippen LogP contribution in [0.4, 0.5) is 0 Å². The zero-order chi connectivity index (χ0) is 14.5. The van der Waals surface area contributed by atoms with E-state index in [1.54, 1.807) is 0 Å². The third kappa shape index (κ3) is 1.47. The molecule has 2 saturated heterocycles. The van der Waals surface area contributed by atoms with Gasteiger partial charge >= 0.3 is 5.97 Å². The largest absolute Gasteiger partial charge is 0.453 e. The molecule has 3 fully saturated rings. The highest BCUT2D eigenvalue weighted by Gasteiger charge is 2.78. The molecule has 0 aromatic heterocycles. The van der Waals surface area contributed by atoms with Crippen molar-refractivity contribution in [2.75, 3.05) is 0 Å². The van der Waals surface area contributed by atoms with Gasteiger partial charge in [-0.25, -0.2) is 4.79 Å². The third-order valence-electron chi connectivity index (χ3n) is 5.78. The van der Waals surface area contributed by atoms with E-state index in [0.29, 0.717) is 12.3 Å². The van der Waals surface area contributed by atoms with Crippen LogP contribution in [-0.4, -0.2) is 29.1 Å². The van der Waals surface area contributed by atoms with Crippen LogP contribution in [-0.2, 0) is 14.3 Å². The van der Waals surface area contributed by atoms with E-state index in [1.165, 1.54) is 6.42 Å². The van der Waals surface area contributed by atoms with E-state index in [4.69, 9.17) is 10.5 Å². The maximum Gasteiger partial charge on any atom is 0.338 e. The highest BCUT2D eigenvalue weighted by Crippen LogP contribution is 2.53. The Bertz CT molecular complexity index is 446. The van der Waals surface area contributed by atoms with Gasteiger partial charge in [0, 0.05) is 6.04 Å². The number of fused-ring (bicyclic) bond motifs is 1. The van der Waals surface area contributed by atoms with Gasteiger partial charge in [0.2, 0.25) is 5.91 Å². The first-order valence-corrected chi connectivity index (χ1v) is 7.78. The number of carbonyl (C=O) groups is 2. The number of hydrogen-bond donors (Lipinski definition) is 2. The first-order chi connectivity index (χ1) is 9.47. The molecule has 5 heteroatoms. The molecule has 3 aliphatic rings. The summed E-state index contributed by atoms with van der Waals surface area (Å²) < 4.78 is 5.44. The van der Waals surface area contributed by atoms with Crippen LogP contribution in [0.15, 0.2) is 0 Å². The van der Waals surface area contributed by atoms with Gasteiger partial charge < -0.3 is 15.8 Å². The minimum atomic E-state index is -0.993. The van der Waals surface area contributed by atoms with Crippen molar-refractivity contribution in [3.8, 4) is 0 Å². The Morgan fingerprint density at radius 1 is 1.35 bits per heavy atom. The first-order valence-electron chi connectivity index (χ1n) is 7.78. The molecule has 0 spiro atoms. The number of carbonyl (C=O) groups excluding carboxylic acids is 2. The van der Waals surface area contributed by atoms with Crippen LogP contribution in [0.5, 0.6) is 0 Å². The second-order valence-electron chi connectivity index (χ2n) is 6.68. The van der Waals surface area contributed by atoms with E-state index < -0.39 is 11.1 Å². The molecule has 1 amide bonds. The number of nitrogens with two attached hydrogens (primary N) is 1. The van der Waals surface area contributed by atoms with Crippen LogP contribution in [0, 0.1) is 11.8 Å². The number of hydrogen-bond acceptors (Lipinski definition) is 4. The Morgan fingerprint density at radius 3 is 2.55 bits per heavy atom. The molecule has 3 rings (SSSR count). The van der Waals surface area contributed by atoms with Crippen LogP contribution >= 0.6 is 0 Å². The molecular weight excluding hydrogens is 256 g/mol. The fourth-order valence-electron chi connectivity index (χ4n) is 4.53. The van der Waals surface area contributed by atoms with Gasteiger partial charge in [-0.1, -0.05) is 26.2 Å². The summed E-state index contributed by atoms with van der Waals surface area (Å²) in [5.41, 5.74) is 4.70. The van der Waals surface area contributed by atoms with Crippen LogP contribution in [0.1, 0.15) is 52.4 Å². The van der Waals surface area contributed by atoms with Crippen LogP contribution in [0.2, 0.25) is 0 Å². The lowest BCUT2D eigenvalue weighted by molar-refractivity contribution is -0.225. The van der Waals surface area contributed by atoms with Crippen LogP contribution in [0.25, 0.3) is 0 Å². The monoisotopic (exact) mass is 280 g/mol. The highest BCUT2D eigenvalue weighted by molar-refractivity contribution is 6.02. The van der Waals surface area contributed by atoms with Crippen molar-refractivity contribution < 1.29 is 14.3 Å². The molecule has 0 radical (unpaired) electrons. The number of ether oxygens (including phenoxy) is 1. The lowest BCUT2D eigenvalue weighted by atomic mass is 9.63. The van der Waals surface area contributed by atoms with Crippen molar-refractivity contribution in [2.24, 2.45) is 17.6 Å². The van der Waals surface area contributed by atoms with Crippen LogP contribution < -0.4 is 11.1 Å². The summed E-state index contributed by atoms with van der Waals surface area (Å²) in [6.07, 6.45) is 6.30. The Labute approximate surface area is 119 Å². The van der Waals surface area contributed by atoms with Crippen molar-refractivity contribution in [3.63, 3.8) is 0 Å². The van der Waals surface area contributed by atoms with Crippen molar-refractivity contribution in [3.05, 3.63) is 0 Å². The zero-order valence-corrected chi connectivity index (χ0v) is 12.3. The van der Waals surface area contributed by atoms with E-state index in [0.717, 1.165) is 25.7 Å². The summed E-state index contributed by atoms with van der Waals surface area (Å²) in [7, 11) is 0. The SMILES string of the molecule is CC[C@H]1C(=O)N[C@@]2([C@@H](N)C3CCCCC3)C(=O)O[C@@]12C. The Balaban J connectivity index is 1.92. The first kappa shape index (κ1) is 13.9.